The summed E-state index contributed by atoms with van der Waals surface area (Å²) >= 11 is 0. The molecule has 0 atom stereocenters. The van der Waals surface area contributed by atoms with Gasteiger partial charge in [-0.15, -0.1) is 0 Å². The van der Waals surface area contributed by atoms with Crippen molar-refractivity contribution in [2.24, 2.45) is 0 Å². The first kappa shape index (κ1) is 46.6. The van der Waals surface area contributed by atoms with Crippen molar-refractivity contribution in [3.8, 4) is 51.1 Å². The second kappa shape index (κ2) is 17.9. The van der Waals surface area contributed by atoms with Crippen molar-refractivity contribution < 1.29 is 9.47 Å². The second-order valence-corrected chi connectivity index (χ2v) is 21.4. The summed E-state index contributed by atoms with van der Waals surface area (Å²) < 4.78 is 24.9. The van der Waals surface area contributed by atoms with Crippen LogP contribution in [0.15, 0.2) is 255 Å². The van der Waals surface area contributed by atoms with Gasteiger partial charge in [-0.25, -0.2) is 4.85 Å². The van der Waals surface area contributed by atoms with Crippen molar-refractivity contribution in [1.82, 2.24) is 22.8 Å². The second-order valence-electron chi connectivity index (χ2n) is 21.4. The molecule has 0 N–H and O–H groups in total. The van der Waals surface area contributed by atoms with Crippen LogP contribution < -0.4 is 9.47 Å². The van der Waals surface area contributed by atoms with E-state index in [2.05, 4.69) is 276 Å². The average molecular weight is 1070 g/mol. The van der Waals surface area contributed by atoms with E-state index in [1.165, 1.54) is 0 Å². The SMILES string of the molecule is [C-]#[N+]c1cccc(-c2c(-n3c4ccccc4c4ccccc43)c(-n3c4ccccc4c4ccccc43)c(-n3c4ccc(OC)cc4c4cc(OC)ccc43)c(-n3c4ccccc4c4ccccc43)c2-n2c3ccccc3c3ccccc32)c1. The van der Waals surface area contributed by atoms with E-state index in [1.807, 2.05) is 6.07 Å². The molecule has 0 spiro atoms. The van der Waals surface area contributed by atoms with E-state index < -0.39 is 0 Å². The van der Waals surface area contributed by atoms with Crippen LogP contribution in [0.25, 0.3) is 153 Å². The summed E-state index contributed by atoms with van der Waals surface area (Å²) in [6, 6.07) is 91.9. The van der Waals surface area contributed by atoms with Gasteiger partial charge in [0.05, 0.1) is 104 Å². The monoisotopic (exact) mass is 1060 g/mol. The molecule has 83 heavy (non-hydrogen) atoms. The quantitative estimate of drug-likeness (QED) is 0.142. The normalized spacial score (nSPS) is 12.0. The molecule has 0 aliphatic rings. The maximum Gasteiger partial charge on any atom is 0.187 e. The van der Waals surface area contributed by atoms with Crippen LogP contribution in [0.1, 0.15) is 0 Å². The number of para-hydroxylation sites is 8. The Labute approximate surface area is 476 Å². The molecule has 0 aliphatic heterocycles. The molecule has 0 saturated carbocycles. The Morgan fingerprint density at radius 2 is 0.530 bits per heavy atom. The highest BCUT2D eigenvalue weighted by atomic mass is 16.5. The summed E-state index contributed by atoms with van der Waals surface area (Å²) in [6.07, 6.45) is 0. The molecule has 8 heteroatoms. The van der Waals surface area contributed by atoms with Gasteiger partial charge in [0.2, 0.25) is 0 Å². The fourth-order valence-corrected chi connectivity index (χ4v) is 13.9. The lowest BCUT2D eigenvalue weighted by molar-refractivity contribution is 0.415. The van der Waals surface area contributed by atoms with Gasteiger partial charge in [0.15, 0.2) is 5.69 Å². The van der Waals surface area contributed by atoms with Gasteiger partial charge in [-0.05, 0) is 96.6 Å². The molecule has 0 aliphatic carbocycles. The first-order valence-electron chi connectivity index (χ1n) is 27.9. The molecule has 0 radical (unpaired) electrons. The summed E-state index contributed by atoms with van der Waals surface area (Å²) in [5, 5.41) is 11.0. The lowest BCUT2D eigenvalue weighted by atomic mass is 9.94. The Kier molecular flexibility index (Phi) is 10.0. The van der Waals surface area contributed by atoms with Gasteiger partial charge >= 0.3 is 0 Å². The minimum atomic E-state index is 0.537. The lowest BCUT2D eigenvalue weighted by Gasteiger charge is -2.32. The van der Waals surface area contributed by atoms with Gasteiger partial charge < -0.3 is 32.3 Å². The molecule has 17 aromatic rings. The maximum atomic E-state index is 8.72. The number of methoxy groups -OCH3 is 2. The first-order chi connectivity index (χ1) is 41.1. The van der Waals surface area contributed by atoms with E-state index in [0.29, 0.717) is 5.69 Å². The Morgan fingerprint density at radius 3 is 0.819 bits per heavy atom. The van der Waals surface area contributed by atoms with Crippen LogP contribution in [0.2, 0.25) is 0 Å². The van der Waals surface area contributed by atoms with E-state index in [4.69, 9.17) is 16.0 Å². The van der Waals surface area contributed by atoms with Crippen molar-refractivity contribution >= 4 is 115 Å². The van der Waals surface area contributed by atoms with Gasteiger partial charge in [0, 0.05) is 59.4 Å². The molecule has 17 rings (SSSR count). The minimum Gasteiger partial charge on any atom is -0.497 e. The number of nitrogens with zero attached hydrogens (tertiary/aromatic N) is 6. The maximum absolute atomic E-state index is 8.72. The predicted octanol–water partition coefficient (Wildman–Crippen LogP) is 19.4. The summed E-state index contributed by atoms with van der Waals surface area (Å²) in [4.78, 5) is 4.21. The molecule has 0 fully saturated rings. The standard InChI is InChI=1S/C75H48N6O2/c1-76-47-22-20-21-46(43-47)70-71(77-60-31-12-4-23-50(60)51-24-5-13-32-61(51)77)73(79-64-35-16-8-27-54(64)55-28-9-17-36-65(55)79)75(81-68-41-39-48(82-2)44-58(68)59-45-49(83-3)40-42-69(59)81)74(80-66-37-18-10-29-56(66)57-30-11-19-38-67(57)80)72(70)78-62-33-14-6-25-52(62)53-26-7-15-34-63(53)78/h4-45H,2-3H3. The number of hydrogen-bond donors (Lipinski definition) is 0. The third-order valence-corrected chi connectivity index (χ3v) is 17.3. The van der Waals surface area contributed by atoms with Crippen LogP contribution in [0, 0.1) is 6.57 Å². The largest absolute Gasteiger partial charge is 0.497 e. The topological polar surface area (TPSA) is 47.5 Å². The summed E-state index contributed by atoms with van der Waals surface area (Å²) in [5.41, 5.74) is 17.3. The molecule has 8 nitrogen and oxygen atoms in total. The number of fused-ring (bicyclic) bond motifs is 15. The number of rotatable bonds is 8. The first-order valence-corrected chi connectivity index (χ1v) is 27.9. The zero-order chi connectivity index (χ0) is 55.0. The van der Waals surface area contributed by atoms with Crippen LogP contribution in [-0.4, -0.2) is 37.1 Å². The molecule has 0 amide bonds. The molecule has 12 aromatic carbocycles. The fourth-order valence-electron chi connectivity index (χ4n) is 13.9. The number of hydrogen-bond acceptors (Lipinski definition) is 2. The van der Waals surface area contributed by atoms with Gasteiger partial charge in [0.1, 0.15) is 11.5 Å². The van der Waals surface area contributed by atoms with E-state index in [-0.39, 0.29) is 0 Å². The molecular formula is C75H48N6O2. The molecular weight excluding hydrogens is 1020 g/mol. The van der Waals surface area contributed by atoms with Gasteiger partial charge in [-0.2, -0.15) is 0 Å². The Hall–Kier alpha value is -11.3. The van der Waals surface area contributed by atoms with E-state index in [0.717, 1.165) is 160 Å². The number of ether oxygens (including phenoxy) is 2. The number of benzene rings is 12. The highest BCUT2D eigenvalue weighted by molar-refractivity contribution is 6.19. The van der Waals surface area contributed by atoms with Crippen molar-refractivity contribution in [2.45, 2.75) is 0 Å². The Balaban J connectivity index is 1.30. The Bertz CT molecular complexity index is 5110. The lowest BCUT2D eigenvalue weighted by Crippen LogP contribution is -2.18. The third kappa shape index (κ3) is 6.50. The van der Waals surface area contributed by atoms with Crippen molar-refractivity contribution in [1.29, 1.82) is 0 Å². The number of aromatic nitrogens is 5. The highest BCUT2D eigenvalue weighted by Crippen LogP contribution is 2.55. The van der Waals surface area contributed by atoms with Crippen molar-refractivity contribution in [3.05, 3.63) is 266 Å². The molecule has 0 unspecified atom stereocenters. The van der Waals surface area contributed by atoms with E-state index in [1.54, 1.807) is 14.2 Å². The molecule has 390 valence electrons. The molecule has 5 aromatic heterocycles. The van der Waals surface area contributed by atoms with Crippen molar-refractivity contribution in [2.75, 3.05) is 14.2 Å². The van der Waals surface area contributed by atoms with E-state index >= 15 is 0 Å². The van der Waals surface area contributed by atoms with Crippen LogP contribution in [0.5, 0.6) is 11.5 Å². The van der Waals surface area contributed by atoms with Gasteiger partial charge in [-0.1, -0.05) is 164 Å². The van der Waals surface area contributed by atoms with Crippen LogP contribution in [0.3, 0.4) is 0 Å². The van der Waals surface area contributed by atoms with Crippen LogP contribution in [0.4, 0.5) is 5.69 Å². The molecule has 0 bridgehead atoms. The van der Waals surface area contributed by atoms with Crippen molar-refractivity contribution in [3.63, 3.8) is 0 Å². The predicted molar refractivity (Wildman–Crippen MR) is 343 cm³/mol. The zero-order valence-electron chi connectivity index (χ0n) is 45.2. The minimum absolute atomic E-state index is 0.537. The van der Waals surface area contributed by atoms with Gasteiger partial charge in [-0.3, -0.25) is 0 Å². The zero-order valence-corrected chi connectivity index (χ0v) is 45.2. The smallest absolute Gasteiger partial charge is 0.187 e. The summed E-state index contributed by atoms with van der Waals surface area (Å²) in [7, 11) is 3.47. The van der Waals surface area contributed by atoms with Gasteiger partial charge in [0.25, 0.3) is 0 Å². The Morgan fingerprint density at radius 1 is 0.265 bits per heavy atom. The highest BCUT2D eigenvalue weighted by Gasteiger charge is 2.37. The average Bonchev–Trinajstić information content (AvgIpc) is 1.74. The molecule has 0 saturated heterocycles. The fraction of sp³-hybridized carbons (Fsp3) is 0.0267. The third-order valence-electron chi connectivity index (χ3n) is 17.3. The van der Waals surface area contributed by atoms with Crippen LogP contribution in [-0.2, 0) is 0 Å². The van der Waals surface area contributed by atoms with Crippen LogP contribution >= 0.6 is 0 Å². The summed E-state index contributed by atoms with van der Waals surface area (Å²) in [6.45, 7) is 8.72. The van der Waals surface area contributed by atoms with E-state index in [9.17, 15) is 0 Å². The molecule has 5 heterocycles. The summed E-state index contributed by atoms with van der Waals surface area (Å²) in [5.74, 6) is 1.49.